The summed E-state index contributed by atoms with van der Waals surface area (Å²) >= 11 is 0. The maximum absolute atomic E-state index is 12.2. The quantitative estimate of drug-likeness (QED) is 0.701. The average molecular weight is 239 g/mol. The number of carbonyl (C=O) groups is 1. The first kappa shape index (κ1) is 11.5. The molecule has 0 aromatic carbocycles. The first-order valence-electron chi connectivity index (χ1n) is 6.81. The molecule has 0 bridgehead atoms. The van der Waals surface area contributed by atoms with E-state index in [0.717, 1.165) is 38.7 Å². The third-order valence-electron chi connectivity index (χ3n) is 4.65. The lowest BCUT2D eigenvalue weighted by Gasteiger charge is -2.61. The predicted molar refractivity (Wildman–Crippen MR) is 62.2 cm³/mol. The molecule has 3 fully saturated rings. The van der Waals surface area contributed by atoms with Gasteiger partial charge in [0.2, 0.25) is 5.91 Å². The van der Waals surface area contributed by atoms with Gasteiger partial charge in [-0.3, -0.25) is 4.79 Å². The number of carbonyl (C=O) groups excluding carboxylic acids is 1. The highest BCUT2D eigenvalue weighted by molar-refractivity contribution is 5.87. The number of rotatable bonds is 1. The standard InChI is InChI=1S/C13H21NO3/c1-9(15)11-10-5-8-17-13(14(10)12(11)16)6-3-2-4-7-13/h9-11,15H,2-8H2,1H3/t9?,10?,11-/m1/s1. The molecule has 2 aliphatic heterocycles. The van der Waals surface area contributed by atoms with Gasteiger partial charge in [0.15, 0.2) is 0 Å². The van der Waals surface area contributed by atoms with E-state index in [4.69, 9.17) is 4.74 Å². The molecule has 0 radical (unpaired) electrons. The van der Waals surface area contributed by atoms with E-state index >= 15 is 0 Å². The van der Waals surface area contributed by atoms with E-state index in [1.54, 1.807) is 6.92 Å². The third-order valence-corrected chi connectivity index (χ3v) is 4.65. The molecule has 2 saturated heterocycles. The van der Waals surface area contributed by atoms with E-state index in [9.17, 15) is 9.90 Å². The Kier molecular flexibility index (Phi) is 2.67. The summed E-state index contributed by atoms with van der Waals surface area (Å²) in [5.41, 5.74) is -0.316. The molecule has 1 saturated carbocycles. The molecule has 3 atom stereocenters. The molecule has 4 nitrogen and oxygen atoms in total. The molecular weight excluding hydrogens is 218 g/mol. The fourth-order valence-corrected chi connectivity index (χ4v) is 3.84. The van der Waals surface area contributed by atoms with Gasteiger partial charge < -0.3 is 14.7 Å². The van der Waals surface area contributed by atoms with Gasteiger partial charge in [-0.2, -0.15) is 0 Å². The van der Waals surface area contributed by atoms with E-state index in [1.807, 2.05) is 4.90 Å². The number of fused-ring (bicyclic) bond motifs is 2. The maximum atomic E-state index is 12.2. The minimum Gasteiger partial charge on any atom is -0.393 e. The molecular formula is C13H21NO3. The third kappa shape index (κ3) is 1.54. The molecule has 1 aliphatic carbocycles. The molecule has 1 N–H and O–H groups in total. The highest BCUT2D eigenvalue weighted by Gasteiger charge is 2.60. The maximum Gasteiger partial charge on any atom is 0.232 e. The Morgan fingerprint density at radius 2 is 2.12 bits per heavy atom. The van der Waals surface area contributed by atoms with Crippen molar-refractivity contribution in [1.82, 2.24) is 4.90 Å². The summed E-state index contributed by atoms with van der Waals surface area (Å²) < 4.78 is 5.96. The van der Waals surface area contributed by atoms with E-state index in [-0.39, 0.29) is 23.6 Å². The smallest absolute Gasteiger partial charge is 0.232 e. The summed E-state index contributed by atoms with van der Waals surface area (Å²) in [6.07, 6.45) is 5.85. The van der Waals surface area contributed by atoms with Crippen molar-refractivity contribution >= 4 is 5.91 Å². The summed E-state index contributed by atoms with van der Waals surface area (Å²) in [7, 11) is 0. The summed E-state index contributed by atoms with van der Waals surface area (Å²) in [6, 6.07) is 0.217. The summed E-state index contributed by atoms with van der Waals surface area (Å²) in [5, 5.41) is 9.68. The van der Waals surface area contributed by atoms with Gasteiger partial charge in [-0.05, 0) is 39.0 Å². The van der Waals surface area contributed by atoms with Crippen molar-refractivity contribution in [2.45, 2.75) is 63.3 Å². The van der Waals surface area contributed by atoms with E-state index in [2.05, 4.69) is 0 Å². The Morgan fingerprint density at radius 1 is 1.41 bits per heavy atom. The van der Waals surface area contributed by atoms with Crippen molar-refractivity contribution in [3.8, 4) is 0 Å². The largest absolute Gasteiger partial charge is 0.393 e. The SMILES string of the molecule is CC(O)[C@H]1C(=O)N2C1CCOC21CCCCC1. The van der Waals surface area contributed by atoms with Crippen LogP contribution in [0, 0.1) is 5.92 Å². The van der Waals surface area contributed by atoms with Crippen molar-refractivity contribution in [2.75, 3.05) is 6.61 Å². The lowest BCUT2D eigenvalue weighted by Crippen LogP contribution is -2.75. The van der Waals surface area contributed by atoms with Crippen LogP contribution in [0.1, 0.15) is 45.4 Å². The fourth-order valence-electron chi connectivity index (χ4n) is 3.84. The van der Waals surface area contributed by atoms with Gasteiger partial charge in [0.25, 0.3) is 0 Å². The fraction of sp³-hybridized carbons (Fsp3) is 0.923. The van der Waals surface area contributed by atoms with Gasteiger partial charge in [-0.25, -0.2) is 0 Å². The van der Waals surface area contributed by atoms with E-state index < -0.39 is 6.10 Å². The number of hydrogen-bond acceptors (Lipinski definition) is 3. The second-order valence-electron chi connectivity index (χ2n) is 5.69. The van der Waals surface area contributed by atoms with Gasteiger partial charge >= 0.3 is 0 Å². The zero-order chi connectivity index (χ0) is 12.0. The molecule has 96 valence electrons. The van der Waals surface area contributed by atoms with Crippen LogP contribution in [0.25, 0.3) is 0 Å². The molecule has 0 aromatic heterocycles. The number of β-lactam (4-membered cyclic amide) rings is 1. The Hall–Kier alpha value is -0.610. The number of nitrogens with zero attached hydrogens (tertiary/aromatic N) is 1. The first-order chi connectivity index (χ1) is 8.16. The van der Waals surface area contributed by atoms with Gasteiger partial charge in [-0.1, -0.05) is 6.42 Å². The van der Waals surface area contributed by atoms with Crippen molar-refractivity contribution < 1.29 is 14.6 Å². The number of aliphatic hydroxyl groups excluding tert-OH is 1. The van der Waals surface area contributed by atoms with Crippen molar-refractivity contribution in [1.29, 1.82) is 0 Å². The minimum atomic E-state index is -0.525. The van der Waals surface area contributed by atoms with Crippen LogP contribution in [-0.2, 0) is 9.53 Å². The van der Waals surface area contributed by atoms with Crippen molar-refractivity contribution in [2.24, 2.45) is 5.92 Å². The number of aliphatic hydroxyl groups is 1. The van der Waals surface area contributed by atoms with Crippen LogP contribution in [0.15, 0.2) is 0 Å². The van der Waals surface area contributed by atoms with Crippen LogP contribution in [0.5, 0.6) is 0 Å². The summed E-state index contributed by atoms with van der Waals surface area (Å²) in [5.74, 6) is -0.0794. The van der Waals surface area contributed by atoms with Crippen LogP contribution >= 0.6 is 0 Å². The Labute approximate surface area is 102 Å². The van der Waals surface area contributed by atoms with Crippen molar-refractivity contribution in [3.05, 3.63) is 0 Å². The molecule has 1 amide bonds. The Bertz CT molecular complexity index is 317. The number of amides is 1. The van der Waals surface area contributed by atoms with Gasteiger partial charge in [0, 0.05) is 0 Å². The van der Waals surface area contributed by atoms with Gasteiger partial charge in [-0.15, -0.1) is 0 Å². The average Bonchev–Trinajstić information content (AvgIpc) is 2.28. The van der Waals surface area contributed by atoms with Crippen LogP contribution < -0.4 is 0 Å². The molecule has 4 heteroatoms. The van der Waals surface area contributed by atoms with Crippen LogP contribution in [-0.4, -0.2) is 40.4 Å². The van der Waals surface area contributed by atoms with Gasteiger partial charge in [0.05, 0.1) is 24.7 Å². The molecule has 1 spiro atoms. The summed E-state index contributed by atoms with van der Waals surface area (Å²) in [6.45, 7) is 2.46. The second-order valence-corrected chi connectivity index (χ2v) is 5.69. The van der Waals surface area contributed by atoms with Crippen LogP contribution in [0.3, 0.4) is 0 Å². The molecule has 2 heterocycles. The minimum absolute atomic E-state index is 0.103. The molecule has 3 rings (SSSR count). The monoisotopic (exact) mass is 239 g/mol. The molecule has 17 heavy (non-hydrogen) atoms. The Balaban J connectivity index is 1.82. The van der Waals surface area contributed by atoms with E-state index in [1.165, 1.54) is 6.42 Å². The van der Waals surface area contributed by atoms with Crippen LogP contribution in [0.2, 0.25) is 0 Å². The lowest BCUT2D eigenvalue weighted by atomic mass is 9.75. The first-order valence-corrected chi connectivity index (χ1v) is 6.81. The molecule has 3 aliphatic rings. The lowest BCUT2D eigenvalue weighted by molar-refractivity contribution is -0.261. The Morgan fingerprint density at radius 3 is 2.76 bits per heavy atom. The topological polar surface area (TPSA) is 49.8 Å². The van der Waals surface area contributed by atoms with Crippen molar-refractivity contribution in [3.63, 3.8) is 0 Å². The van der Waals surface area contributed by atoms with Gasteiger partial charge in [0.1, 0.15) is 5.72 Å². The summed E-state index contributed by atoms with van der Waals surface area (Å²) in [4.78, 5) is 14.1. The normalized spacial score (nSPS) is 37.5. The highest BCUT2D eigenvalue weighted by Crippen LogP contribution is 2.47. The number of hydrogen-bond donors (Lipinski definition) is 1. The zero-order valence-electron chi connectivity index (χ0n) is 10.4. The zero-order valence-corrected chi connectivity index (χ0v) is 10.4. The number of ether oxygens (including phenoxy) is 1. The molecule has 0 aromatic rings. The highest BCUT2D eigenvalue weighted by atomic mass is 16.5. The molecule has 2 unspecified atom stereocenters. The van der Waals surface area contributed by atoms with Crippen LogP contribution in [0.4, 0.5) is 0 Å². The second kappa shape index (κ2) is 3.95. The van der Waals surface area contributed by atoms with E-state index in [0.29, 0.717) is 0 Å². The predicted octanol–water partition coefficient (Wildman–Crippen LogP) is 1.27.